The fourth-order valence-electron chi connectivity index (χ4n) is 1.91. The highest BCUT2D eigenvalue weighted by atomic mass is 16.3. The Morgan fingerprint density at radius 3 is 2.55 bits per heavy atom. The second-order valence-electron chi connectivity index (χ2n) is 4.02. The van der Waals surface area contributed by atoms with E-state index in [2.05, 4.69) is 6.92 Å². The molecule has 0 spiro atoms. The van der Waals surface area contributed by atoms with Crippen molar-refractivity contribution in [2.75, 3.05) is 6.61 Å². The minimum absolute atomic E-state index is 0.368. The molecule has 66 valence electrons. The van der Waals surface area contributed by atoms with E-state index < -0.39 is 0 Å². The van der Waals surface area contributed by atoms with E-state index in [4.69, 9.17) is 5.11 Å². The zero-order chi connectivity index (χ0) is 8.10. The first-order valence-electron chi connectivity index (χ1n) is 4.93. The molecule has 0 heterocycles. The molecule has 0 bridgehead atoms. The Bertz CT molecular complexity index is 95.0. The van der Waals surface area contributed by atoms with E-state index in [1.54, 1.807) is 0 Å². The van der Waals surface area contributed by atoms with Crippen LogP contribution in [0.2, 0.25) is 0 Å². The van der Waals surface area contributed by atoms with Crippen molar-refractivity contribution in [3.8, 4) is 0 Å². The molecular weight excluding hydrogens is 136 g/mol. The maximum Gasteiger partial charge on any atom is 0.0456 e. The topological polar surface area (TPSA) is 20.2 Å². The van der Waals surface area contributed by atoms with E-state index in [0.717, 1.165) is 5.92 Å². The van der Waals surface area contributed by atoms with Gasteiger partial charge in [-0.1, -0.05) is 39.0 Å². The molecule has 0 aromatic rings. The Labute approximate surface area is 69.8 Å². The molecule has 0 aromatic heterocycles. The SMILES string of the molecule is CC(CO)CCC1CCCC1. The monoisotopic (exact) mass is 156 g/mol. The Kier molecular flexibility index (Phi) is 3.92. The predicted octanol–water partition coefficient (Wildman–Crippen LogP) is 2.59. The lowest BCUT2D eigenvalue weighted by Gasteiger charge is -2.11. The lowest BCUT2D eigenvalue weighted by molar-refractivity contribution is 0.222. The molecule has 1 heteroatoms. The van der Waals surface area contributed by atoms with Crippen molar-refractivity contribution < 1.29 is 5.11 Å². The van der Waals surface area contributed by atoms with Crippen LogP contribution in [0.5, 0.6) is 0 Å². The van der Waals surface area contributed by atoms with Crippen LogP contribution in [-0.4, -0.2) is 11.7 Å². The van der Waals surface area contributed by atoms with E-state index in [1.165, 1.54) is 38.5 Å². The van der Waals surface area contributed by atoms with Crippen LogP contribution in [0.4, 0.5) is 0 Å². The molecule has 1 fully saturated rings. The molecule has 1 aliphatic carbocycles. The Morgan fingerprint density at radius 2 is 2.00 bits per heavy atom. The van der Waals surface area contributed by atoms with Crippen molar-refractivity contribution in [1.82, 2.24) is 0 Å². The van der Waals surface area contributed by atoms with E-state index in [1.807, 2.05) is 0 Å². The lowest BCUT2D eigenvalue weighted by Crippen LogP contribution is -2.03. The fraction of sp³-hybridized carbons (Fsp3) is 1.00. The van der Waals surface area contributed by atoms with Gasteiger partial charge in [-0.25, -0.2) is 0 Å². The van der Waals surface area contributed by atoms with Crippen LogP contribution >= 0.6 is 0 Å². The molecule has 0 saturated heterocycles. The van der Waals surface area contributed by atoms with Gasteiger partial charge in [-0.15, -0.1) is 0 Å². The van der Waals surface area contributed by atoms with Gasteiger partial charge in [0.05, 0.1) is 0 Å². The first-order chi connectivity index (χ1) is 5.33. The van der Waals surface area contributed by atoms with Gasteiger partial charge >= 0.3 is 0 Å². The van der Waals surface area contributed by atoms with Gasteiger partial charge in [0.2, 0.25) is 0 Å². The average Bonchev–Trinajstić information content (AvgIpc) is 2.52. The van der Waals surface area contributed by atoms with E-state index in [-0.39, 0.29) is 0 Å². The third-order valence-corrected chi connectivity index (χ3v) is 2.85. The van der Waals surface area contributed by atoms with Crippen molar-refractivity contribution in [2.45, 2.75) is 45.4 Å². The quantitative estimate of drug-likeness (QED) is 0.663. The molecule has 1 unspecified atom stereocenters. The number of hydrogen-bond donors (Lipinski definition) is 1. The zero-order valence-corrected chi connectivity index (χ0v) is 7.55. The molecule has 1 nitrogen and oxygen atoms in total. The maximum absolute atomic E-state index is 8.81. The third-order valence-electron chi connectivity index (χ3n) is 2.85. The third kappa shape index (κ3) is 3.24. The van der Waals surface area contributed by atoms with Gasteiger partial charge in [0.15, 0.2) is 0 Å². The summed E-state index contributed by atoms with van der Waals surface area (Å²) in [5, 5.41) is 8.81. The zero-order valence-electron chi connectivity index (χ0n) is 7.55. The van der Waals surface area contributed by atoms with Crippen LogP contribution < -0.4 is 0 Å². The second kappa shape index (κ2) is 4.76. The summed E-state index contributed by atoms with van der Waals surface area (Å²) >= 11 is 0. The maximum atomic E-state index is 8.81. The first-order valence-corrected chi connectivity index (χ1v) is 4.93. The van der Waals surface area contributed by atoms with Crippen molar-refractivity contribution in [3.05, 3.63) is 0 Å². The molecule has 0 aromatic carbocycles. The van der Waals surface area contributed by atoms with E-state index >= 15 is 0 Å². The summed E-state index contributed by atoms with van der Waals surface area (Å²) in [5.41, 5.74) is 0. The van der Waals surface area contributed by atoms with Crippen LogP contribution in [0.1, 0.15) is 45.4 Å². The molecule has 0 aliphatic heterocycles. The highest BCUT2D eigenvalue weighted by Gasteiger charge is 2.15. The minimum Gasteiger partial charge on any atom is -0.396 e. The van der Waals surface area contributed by atoms with Crippen LogP contribution in [0.3, 0.4) is 0 Å². The highest BCUT2D eigenvalue weighted by molar-refractivity contribution is 4.68. The van der Waals surface area contributed by atoms with Gasteiger partial charge in [-0.2, -0.15) is 0 Å². The minimum atomic E-state index is 0.368. The molecular formula is C10H20O. The van der Waals surface area contributed by atoms with Gasteiger partial charge < -0.3 is 5.11 Å². The van der Waals surface area contributed by atoms with Crippen LogP contribution in [-0.2, 0) is 0 Å². The average molecular weight is 156 g/mol. The van der Waals surface area contributed by atoms with Crippen molar-refractivity contribution in [3.63, 3.8) is 0 Å². The van der Waals surface area contributed by atoms with Gasteiger partial charge in [0.25, 0.3) is 0 Å². The summed E-state index contributed by atoms with van der Waals surface area (Å²) in [6, 6.07) is 0. The molecule has 0 radical (unpaired) electrons. The summed E-state index contributed by atoms with van der Waals surface area (Å²) in [7, 11) is 0. The molecule has 11 heavy (non-hydrogen) atoms. The lowest BCUT2D eigenvalue weighted by atomic mass is 9.96. The Hall–Kier alpha value is -0.0400. The molecule has 0 amide bonds. The number of aliphatic hydroxyl groups excluding tert-OH is 1. The molecule has 1 aliphatic rings. The molecule has 1 rings (SSSR count). The Morgan fingerprint density at radius 1 is 1.36 bits per heavy atom. The largest absolute Gasteiger partial charge is 0.396 e. The van der Waals surface area contributed by atoms with Crippen molar-refractivity contribution >= 4 is 0 Å². The second-order valence-corrected chi connectivity index (χ2v) is 4.02. The number of aliphatic hydroxyl groups is 1. The summed E-state index contributed by atoms with van der Waals surface area (Å²) in [5.74, 6) is 1.51. The van der Waals surface area contributed by atoms with Crippen LogP contribution in [0.25, 0.3) is 0 Å². The van der Waals surface area contributed by atoms with E-state index in [9.17, 15) is 0 Å². The fourth-order valence-corrected chi connectivity index (χ4v) is 1.91. The highest BCUT2D eigenvalue weighted by Crippen LogP contribution is 2.29. The van der Waals surface area contributed by atoms with Crippen LogP contribution in [0, 0.1) is 11.8 Å². The summed E-state index contributed by atoms with van der Waals surface area (Å²) in [4.78, 5) is 0. The number of rotatable bonds is 4. The van der Waals surface area contributed by atoms with Gasteiger partial charge in [0.1, 0.15) is 0 Å². The van der Waals surface area contributed by atoms with Crippen molar-refractivity contribution in [2.24, 2.45) is 11.8 Å². The van der Waals surface area contributed by atoms with Gasteiger partial charge in [0, 0.05) is 6.61 Å². The normalized spacial score (nSPS) is 22.4. The summed E-state index contributed by atoms with van der Waals surface area (Å²) in [6.07, 6.45) is 8.34. The smallest absolute Gasteiger partial charge is 0.0456 e. The van der Waals surface area contributed by atoms with Crippen molar-refractivity contribution in [1.29, 1.82) is 0 Å². The first kappa shape index (κ1) is 9.05. The molecule has 1 N–H and O–H groups in total. The van der Waals surface area contributed by atoms with E-state index in [0.29, 0.717) is 12.5 Å². The predicted molar refractivity (Wildman–Crippen MR) is 47.4 cm³/mol. The molecule has 1 saturated carbocycles. The van der Waals surface area contributed by atoms with Gasteiger partial charge in [-0.05, 0) is 18.3 Å². The summed E-state index contributed by atoms with van der Waals surface area (Å²) in [6.45, 7) is 2.50. The molecule has 1 atom stereocenters. The summed E-state index contributed by atoms with van der Waals surface area (Å²) < 4.78 is 0. The Balaban J connectivity index is 2.01. The number of hydrogen-bond acceptors (Lipinski definition) is 1. The van der Waals surface area contributed by atoms with Crippen LogP contribution in [0.15, 0.2) is 0 Å². The van der Waals surface area contributed by atoms with Gasteiger partial charge in [-0.3, -0.25) is 0 Å². The standard InChI is InChI=1S/C10H20O/c1-9(8-11)6-7-10-4-2-3-5-10/h9-11H,2-8H2,1H3.